The molecule has 172 valence electrons. The molecule has 1 fully saturated rings. The third-order valence-electron chi connectivity index (χ3n) is 4.98. The van der Waals surface area contributed by atoms with E-state index >= 15 is 0 Å². The minimum atomic E-state index is -2.99. The fraction of sp³-hybridized carbons (Fsp3) is 0.381. The van der Waals surface area contributed by atoms with Gasteiger partial charge in [-0.15, -0.1) is 0 Å². The highest BCUT2D eigenvalue weighted by atomic mass is 19.3. The summed E-state index contributed by atoms with van der Waals surface area (Å²) in [7, 11) is 2.88. The molecule has 1 heterocycles. The predicted octanol–water partition coefficient (Wildman–Crippen LogP) is 3.31. The molecule has 1 aliphatic heterocycles. The first-order valence-electron chi connectivity index (χ1n) is 9.78. The van der Waals surface area contributed by atoms with Gasteiger partial charge in [0.15, 0.2) is 11.5 Å². The predicted molar refractivity (Wildman–Crippen MR) is 112 cm³/mol. The van der Waals surface area contributed by atoms with Crippen LogP contribution >= 0.6 is 0 Å². The Morgan fingerprint density at radius 3 is 2.56 bits per heavy atom. The number of alkyl halides is 2. The van der Waals surface area contributed by atoms with Crippen LogP contribution in [0.4, 0.5) is 20.2 Å². The molecule has 0 radical (unpaired) electrons. The Hall–Kier alpha value is -3.47. The lowest BCUT2D eigenvalue weighted by Crippen LogP contribution is -2.38. The third kappa shape index (κ3) is 5.41. The van der Waals surface area contributed by atoms with E-state index in [4.69, 9.17) is 9.47 Å². The van der Waals surface area contributed by atoms with E-state index in [0.29, 0.717) is 37.6 Å². The van der Waals surface area contributed by atoms with Crippen molar-refractivity contribution in [3.8, 4) is 11.5 Å². The van der Waals surface area contributed by atoms with Crippen molar-refractivity contribution in [2.45, 2.75) is 13.2 Å². The first kappa shape index (κ1) is 23.2. The van der Waals surface area contributed by atoms with Crippen molar-refractivity contribution in [1.29, 1.82) is 0 Å². The summed E-state index contributed by atoms with van der Waals surface area (Å²) in [4.78, 5) is 27.3. The van der Waals surface area contributed by atoms with Crippen molar-refractivity contribution >= 4 is 17.3 Å². The molecule has 0 aliphatic carbocycles. The number of rotatable bonds is 8. The van der Waals surface area contributed by atoms with Crippen LogP contribution in [0.1, 0.15) is 15.9 Å². The van der Waals surface area contributed by atoms with E-state index in [1.165, 1.54) is 36.3 Å². The Labute approximate surface area is 183 Å². The fourth-order valence-corrected chi connectivity index (χ4v) is 3.44. The number of hydrogen-bond acceptors (Lipinski definition) is 7. The standard InChI is InChI=1S/C21H23F2N3O6/c1-24(13-14-3-6-18(32-21(22)23)19(11-14)30-2)20(27)16-12-15(26(28)29)4-5-17(16)25-7-9-31-10-8-25/h3-6,11-12,21H,7-10,13H2,1-2H3. The van der Waals surface area contributed by atoms with Crippen molar-refractivity contribution in [1.82, 2.24) is 4.90 Å². The lowest BCUT2D eigenvalue weighted by Gasteiger charge is -2.31. The minimum absolute atomic E-state index is 0.105. The van der Waals surface area contributed by atoms with Gasteiger partial charge in [-0.25, -0.2) is 0 Å². The van der Waals surface area contributed by atoms with Crippen molar-refractivity contribution in [3.05, 3.63) is 57.6 Å². The second-order valence-corrected chi connectivity index (χ2v) is 7.08. The monoisotopic (exact) mass is 451 g/mol. The van der Waals surface area contributed by atoms with Gasteiger partial charge in [-0.3, -0.25) is 14.9 Å². The fourth-order valence-electron chi connectivity index (χ4n) is 3.44. The van der Waals surface area contributed by atoms with Crippen molar-refractivity contribution in [3.63, 3.8) is 0 Å². The Balaban J connectivity index is 1.86. The summed E-state index contributed by atoms with van der Waals surface area (Å²) in [6, 6.07) is 8.59. The molecule has 1 saturated heterocycles. The van der Waals surface area contributed by atoms with Gasteiger partial charge in [-0.2, -0.15) is 8.78 Å². The zero-order chi connectivity index (χ0) is 23.3. The number of carbonyl (C=O) groups excluding carboxylic acids is 1. The van der Waals surface area contributed by atoms with E-state index in [1.807, 2.05) is 4.90 Å². The van der Waals surface area contributed by atoms with Gasteiger partial charge >= 0.3 is 6.61 Å². The molecule has 0 unspecified atom stereocenters. The van der Waals surface area contributed by atoms with Gasteiger partial charge in [0.1, 0.15) is 0 Å². The number of nitro benzene ring substituents is 1. The Bertz CT molecular complexity index is 982. The summed E-state index contributed by atoms with van der Waals surface area (Å²) in [6.45, 7) is -0.767. The number of halogens is 2. The van der Waals surface area contributed by atoms with E-state index in [9.17, 15) is 23.7 Å². The quantitative estimate of drug-likeness (QED) is 0.449. The van der Waals surface area contributed by atoms with Crippen LogP contribution in [0.25, 0.3) is 0 Å². The van der Waals surface area contributed by atoms with E-state index in [0.717, 1.165) is 0 Å². The smallest absolute Gasteiger partial charge is 0.387 e. The number of ether oxygens (including phenoxy) is 3. The van der Waals surface area contributed by atoms with Gasteiger partial charge in [-0.1, -0.05) is 6.07 Å². The molecule has 9 nitrogen and oxygen atoms in total. The summed E-state index contributed by atoms with van der Waals surface area (Å²) in [6.07, 6.45) is 0. The normalized spacial score (nSPS) is 13.7. The zero-order valence-corrected chi connectivity index (χ0v) is 17.6. The summed E-state index contributed by atoms with van der Waals surface area (Å²) in [5.41, 5.74) is 1.22. The Kier molecular flexibility index (Phi) is 7.41. The topological polar surface area (TPSA) is 94.4 Å². The molecule has 0 atom stereocenters. The van der Waals surface area contributed by atoms with Gasteiger partial charge in [0.25, 0.3) is 11.6 Å². The minimum Gasteiger partial charge on any atom is -0.493 e. The van der Waals surface area contributed by atoms with Crippen LogP contribution < -0.4 is 14.4 Å². The molecule has 0 N–H and O–H groups in total. The van der Waals surface area contributed by atoms with E-state index < -0.39 is 17.4 Å². The second-order valence-electron chi connectivity index (χ2n) is 7.08. The summed E-state index contributed by atoms with van der Waals surface area (Å²) in [5.74, 6) is -0.427. The van der Waals surface area contributed by atoms with Gasteiger partial charge in [0.05, 0.1) is 36.5 Å². The molecule has 2 aromatic rings. The number of amides is 1. The number of nitro groups is 1. The van der Waals surface area contributed by atoms with Gasteiger partial charge in [-0.05, 0) is 23.8 Å². The Morgan fingerprint density at radius 2 is 1.94 bits per heavy atom. The van der Waals surface area contributed by atoms with Crippen LogP contribution in [0.15, 0.2) is 36.4 Å². The number of anilines is 1. The molecule has 2 aromatic carbocycles. The SMILES string of the molecule is COc1cc(CN(C)C(=O)c2cc([N+](=O)[O-])ccc2N2CCOCC2)ccc1OC(F)F. The maximum absolute atomic E-state index is 13.2. The molecular weight excluding hydrogens is 428 g/mol. The van der Waals surface area contributed by atoms with Crippen LogP contribution in [-0.4, -0.2) is 62.8 Å². The van der Waals surface area contributed by atoms with Crippen LogP contribution in [0.2, 0.25) is 0 Å². The molecule has 0 bridgehead atoms. The zero-order valence-electron chi connectivity index (χ0n) is 17.6. The molecule has 1 amide bonds. The van der Waals surface area contributed by atoms with Crippen molar-refractivity contribution in [2.24, 2.45) is 0 Å². The maximum atomic E-state index is 13.2. The highest BCUT2D eigenvalue weighted by molar-refractivity contribution is 6.00. The molecule has 0 saturated carbocycles. The molecule has 1 aliphatic rings. The van der Waals surface area contributed by atoms with Crippen LogP contribution in [0.3, 0.4) is 0 Å². The Morgan fingerprint density at radius 1 is 1.22 bits per heavy atom. The third-order valence-corrected chi connectivity index (χ3v) is 4.98. The van der Waals surface area contributed by atoms with E-state index in [1.54, 1.807) is 19.2 Å². The summed E-state index contributed by atoms with van der Waals surface area (Å²) >= 11 is 0. The van der Waals surface area contributed by atoms with E-state index in [-0.39, 0.29) is 29.3 Å². The van der Waals surface area contributed by atoms with Gasteiger partial charge in [0.2, 0.25) is 0 Å². The van der Waals surface area contributed by atoms with E-state index in [2.05, 4.69) is 4.74 Å². The van der Waals surface area contributed by atoms with Crippen LogP contribution in [0, 0.1) is 10.1 Å². The van der Waals surface area contributed by atoms with Crippen LogP contribution in [0.5, 0.6) is 11.5 Å². The first-order valence-corrected chi connectivity index (χ1v) is 9.78. The molecule has 0 spiro atoms. The average Bonchev–Trinajstić information content (AvgIpc) is 2.79. The lowest BCUT2D eigenvalue weighted by atomic mass is 10.1. The average molecular weight is 451 g/mol. The first-order chi connectivity index (χ1) is 15.3. The number of morpholine rings is 1. The molecule has 3 rings (SSSR count). The maximum Gasteiger partial charge on any atom is 0.387 e. The number of nitrogens with zero attached hydrogens (tertiary/aromatic N) is 3. The number of benzene rings is 2. The highest BCUT2D eigenvalue weighted by Gasteiger charge is 2.24. The summed E-state index contributed by atoms with van der Waals surface area (Å²) < 4.78 is 39.9. The van der Waals surface area contributed by atoms with Crippen LogP contribution in [-0.2, 0) is 11.3 Å². The number of non-ortho nitro benzene ring substituents is 1. The highest BCUT2D eigenvalue weighted by Crippen LogP contribution is 2.31. The second kappa shape index (κ2) is 10.2. The number of hydrogen-bond donors (Lipinski definition) is 0. The largest absolute Gasteiger partial charge is 0.493 e. The molecule has 0 aromatic heterocycles. The van der Waals surface area contributed by atoms with Gasteiger partial charge in [0, 0.05) is 38.8 Å². The molecule has 11 heteroatoms. The number of methoxy groups -OCH3 is 1. The van der Waals surface area contributed by atoms with Gasteiger partial charge < -0.3 is 24.0 Å². The van der Waals surface area contributed by atoms with Crippen molar-refractivity contribution in [2.75, 3.05) is 45.4 Å². The summed E-state index contributed by atoms with van der Waals surface area (Å²) in [5, 5.41) is 11.3. The lowest BCUT2D eigenvalue weighted by molar-refractivity contribution is -0.384. The number of carbonyl (C=O) groups is 1. The molecule has 32 heavy (non-hydrogen) atoms. The van der Waals surface area contributed by atoms with Crippen molar-refractivity contribution < 1.29 is 32.7 Å². The molecular formula is C21H23F2N3O6.